The van der Waals surface area contributed by atoms with Crippen LogP contribution in [-0.4, -0.2) is 39.5 Å². The van der Waals surface area contributed by atoms with Gasteiger partial charge in [0.2, 0.25) is 0 Å². The highest BCUT2D eigenvalue weighted by Gasteiger charge is 2.32. The molecule has 1 aromatic heterocycles. The first-order valence-electron chi connectivity index (χ1n) is 8.00. The molecule has 0 unspecified atom stereocenters. The number of carboxylic acids is 1. The highest BCUT2D eigenvalue weighted by Crippen LogP contribution is 2.28. The Hall–Kier alpha value is -2.87. The van der Waals surface area contributed by atoms with E-state index >= 15 is 0 Å². The predicted octanol–water partition coefficient (Wildman–Crippen LogP) is 1.45. The van der Waals surface area contributed by atoms with Crippen LogP contribution >= 0.6 is 0 Å². The Kier molecular flexibility index (Phi) is 4.99. The number of hydrogen-bond acceptors (Lipinski definition) is 4. The third kappa shape index (κ3) is 3.97. The lowest BCUT2D eigenvalue weighted by molar-refractivity contribution is 0.0697. The number of benzene rings is 1. The second-order valence-corrected chi connectivity index (χ2v) is 5.90. The number of nitrogens with zero attached hydrogens (tertiary/aromatic N) is 2. The molecule has 8 nitrogen and oxygen atoms in total. The van der Waals surface area contributed by atoms with Crippen LogP contribution in [0.15, 0.2) is 36.5 Å². The molecule has 8 heteroatoms. The van der Waals surface area contributed by atoms with Crippen LogP contribution in [0.25, 0.3) is 0 Å². The SMILES string of the molecule is Cn1nccc1[C@H]1OCC[C@@H]1NC(=O)NCc1ccc(C(=O)O)cc1. The van der Waals surface area contributed by atoms with Crippen molar-refractivity contribution in [3.8, 4) is 0 Å². The van der Waals surface area contributed by atoms with Crippen molar-refractivity contribution in [1.29, 1.82) is 0 Å². The van der Waals surface area contributed by atoms with E-state index in [1.807, 2.05) is 13.1 Å². The lowest BCUT2D eigenvalue weighted by Crippen LogP contribution is -2.43. The summed E-state index contributed by atoms with van der Waals surface area (Å²) in [5.74, 6) is -0.973. The molecule has 1 aromatic carbocycles. The Labute approximate surface area is 144 Å². The maximum atomic E-state index is 12.2. The topological polar surface area (TPSA) is 105 Å². The number of rotatable bonds is 5. The average Bonchev–Trinajstić information content (AvgIpc) is 3.21. The molecule has 0 aliphatic carbocycles. The molecule has 3 N–H and O–H groups in total. The Balaban J connectivity index is 1.53. The summed E-state index contributed by atoms with van der Waals surface area (Å²) in [5.41, 5.74) is 1.97. The molecule has 2 amide bonds. The number of aromatic nitrogens is 2. The normalized spacial score (nSPS) is 19.6. The molecule has 0 bridgehead atoms. The molecule has 3 rings (SSSR count). The smallest absolute Gasteiger partial charge is 0.335 e. The molecule has 25 heavy (non-hydrogen) atoms. The zero-order chi connectivity index (χ0) is 17.8. The number of aromatic carboxylic acids is 1. The average molecular weight is 344 g/mol. The first-order chi connectivity index (χ1) is 12.0. The standard InChI is InChI=1S/C17H20N4O4/c1-21-14(6-8-19-21)15-13(7-9-25-15)20-17(24)18-10-11-2-4-12(5-3-11)16(22)23/h2-6,8,13,15H,7,9-10H2,1H3,(H,22,23)(H2,18,20,24)/t13-,15-/m0/s1. The van der Waals surface area contributed by atoms with Crippen molar-refractivity contribution < 1.29 is 19.4 Å². The van der Waals surface area contributed by atoms with Gasteiger partial charge in [0, 0.05) is 26.4 Å². The zero-order valence-electron chi connectivity index (χ0n) is 13.8. The minimum Gasteiger partial charge on any atom is -0.478 e. The van der Waals surface area contributed by atoms with Crippen molar-refractivity contribution in [2.24, 2.45) is 7.05 Å². The Morgan fingerprint density at radius 2 is 2.08 bits per heavy atom. The number of nitrogens with one attached hydrogen (secondary N) is 2. The van der Waals surface area contributed by atoms with Crippen LogP contribution in [0.4, 0.5) is 4.79 Å². The molecule has 1 aliphatic heterocycles. The van der Waals surface area contributed by atoms with E-state index in [1.54, 1.807) is 23.0 Å². The third-order valence-corrected chi connectivity index (χ3v) is 4.21. The van der Waals surface area contributed by atoms with Crippen LogP contribution in [0.5, 0.6) is 0 Å². The number of carbonyl (C=O) groups is 2. The predicted molar refractivity (Wildman–Crippen MR) is 89.1 cm³/mol. The second kappa shape index (κ2) is 7.35. The molecular formula is C17H20N4O4. The first kappa shape index (κ1) is 17.0. The highest BCUT2D eigenvalue weighted by molar-refractivity contribution is 5.87. The lowest BCUT2D eigenvalue weighted by Gasteiger charge is -2.20. The minimum atomic E-state index is -0.973. The molecule has 0 saturated carbocycles. The molecule has 1 fully saturated rings. The van der Waals surface area contributed by atoms with Gasteiger partial charge in [0.25, 0.3) is 0 Å². The molecule has 0 radical (unpaired) electrons. The minimum absolute atomic E-state index is 0.121. The van der Waals surface area contributed by atoms with Gasteiger partial charge in [0.15, 0.2) is 0 Å². The Bertz CT molecular complexity index is 756. The lowest BCUT2D eigenvalue weighted by atomic mass is 10.1. The summed E-state index contributed by atoms with van der Waals surface area (Å²) in [6, 6.07) is 7.87. The van der Waals surface area contributed by atoms with Crippen molar-refractivity contribution in [2.75, 3.05) is 6.61 Å². The molecule has 132 valence electrons. The third-order valence-electron chi connectivity index (χ3n) is 4.21. The van der Waals surface area contributed by atoms with E-state index in [9.17, 15) is 9.59 Å². The summed E-state index contributed by atoms with van der Waals surface area (Å²) >= 11 is 0. The summed E-state index contributed by atoms with van der Waals surface area (Å²) in [6.45, 7) is 0.896. The van der Waals surface area contributed by atoms with Gasteiger partial charge in [-0.05, 0) is 30.2 Å². The number of urea groups is 1. The van der Waals surface area contributed by atoms with E-state index in [0.29, 0.717) is 13.2 Å². The van der Waals surface area contributed by atoms with Gasteiger partial charge in [0.05, 0.1) is 17.3 Å². The monoisotopic (exact) mass is 344 g/mol. The van der Waals surface area contributed by atoms with Crippen molar-refractivity contribution in [3.63, 3.8) is 0 Å². The fourth-order valence-electron chi connectivity index (χ4n) is 2.86. The van der Waals surface area contributed by atoms with E-state index in [-0.39, 0.29) is 23.7 Å². The number of amides is 2. The van der Waals surface area contributed by atoms with E-state index in [2.05, 4.69) is 15.7 Å². The molecule has 1 aliphatic rings. The summed E-state index contributed by atoms with van der Waals surface area (Å²) < 4.78 is 7.47. The van der Waals surface area contributed by atoms with Crippen LogP contribution in [0.3, 0.4) is 0 Å². The molecule has 2 heterocycles. The van der Waals surface area contributed by atoms with Crippen LogP contribution < -0.4 is 10.6 Å². The van der Waals surface area contributed by atoms with E-state index in [1.165, 1.54) is 12.1 Å². The van der Waals surface area contributed by atoms with Gasteiger partial charge < -0.3 is 20.5 Å². The number of aryl methyl sites for hydroxylation is 1. The maximum Gasteiger partial charge on any atom is 0.335 e. The fourth-order valence-corrected chi connectivity index (χ4v) is 2.86. The number of carbonyl (C=O) groups excluding carboxylic acids is 1. The molecule has 1 saturated heterocycles. The molecular weight excluding hydrogens is 324 g/mol. The van der Waals surface area contributed by atoms with E-state index < -0.39 is 5.97 Å². The van der Waals surface area contributed by atoms with E-state index in [4.69, 9.17) is 9.84 Å². The first-order valence-corrected chi connectivity index (χ1v) is 8.00. The van der Waals surface area contributed by atoms with Crippen LogP contribution in [0.2, 0.25) is 0 Å². The fraction of sp³-hybridized carbons (Fsp3) is 0.353. The van der Waals surface area contributed by atoms with Crippen molar-refractivity contribution in [3.05, 3.63) is 53.3 Å². The molecule has 2 atom stereocenters. The maximum absolute atomic E-state index is 12.2. The van der Waals surface area contributed by atoms with Gasteiger partial charge in [-0.25, -0.2) is 9.59 Å². The quantitative estimate of drug-likeness (QED) is 0.761. The van der Waals surface area contributed by atoms with Crippen LogP contribution in [0.1, 0.15) is 34.1 Å². The molecule has 2 aromatic rings. The number of ether oxygens (including phenoxy) is 1. The summed E-state index contributed by atoms with van der Waals surface area (Å²) in [6.07, 6.45) is 2.22. The van der Waals surface area contributed by atoms with Gasteiger partial charge in [-0.3, -0.25) is 4.68 Å². The van der Waals surface area contributed by atoms with E-state index in [0.717, 1.165) is 17.7 Å². The second-order valence-electron chi connectivity index (χ2n) is 5.90. The number of carboxylic acid groups (broad SMARTS) is 1. The van der Waals surface area contributed by atoms with Gasteiger partial charge in [-0.1, -0.05) is 12.1 Å². The highest BCUT2D eigenvalue weighted by atomic mass is 16.5. The van der Waals surface area contributed by atoms with Crippen molar-refractivity contribution in [1.82, 2.24) is 20.4 Å². The molecule has 0 spiro atoms. The van der Waals surface area contributed by atoms with Gasteiger partial charge in [-0.15, -0.1) is 0 Å². The summed E-state index contributed by atoms with van der Waals surface area (Å²) in [4.78, 5) is 23.0. The van der Waals surface area contributed by atoms with Crippen molar-refractivity contribution >= 4 is 12.0 Å². The Morgan fingerprint density at radius 3 is 2.72 bits per heavy atom. The van der Waals surface area contributed by atoms with Crippen molar-refractivity contribution in [2.45, 2.75) is 25.1 Å². The van der Waals surface area contributed by atoms with Crippen LogP contribution in [0, 0.1) is 0 Å². The van der Waals surface area contributed by atoms with Crippen LogP contribution in [-0.2, 0) is 18.3 Å². The zero-order valence-corrected chi connectivity index (χ0v) is 13.8. The Morgan fingerprint density at radius 1 is 1.32 bits per heavy atom. The van der Waals surface area contributed by atoms with Gasteiger partial charge in [-0.2, -0.15) is 5.10 Å². The largest absolute Gasteiger partial charge is 0.478 e. The summed E-state index contributed by atoms with van der Waals surface area (Å²) in [7, 11) is 1.84. The van der Waals surface area contributed by atoms with Gasteiger partial charge in [0.1, 0.15) is 6.10 Å². The van der Waals surface area contributed by atoms with Gasteiger partial charge >= 0.3 is 12.0 Å². The summed E-state index contributed by atoms with van der Waals surface area (Å²) in [5, 5.41) is 18.7. The number of hydrogen-bond donors (Lipinski definition) is 3.